The van der Waals surface area contributed by atoms with Gasteiger partial charge in [-0.25, -0.2) is 0 Å². The van der Waals surface area contributed by atoms with Gasteiger partial charge in [-0.15, -0.1) is 0 Å². The van der Waals surface area contributed by atoms with Crippen molar-refractivity contribution in [3.05, 3.63) is 23.8 Å². The van der Waals surface area contributed by atoms with Crippen LogP contribution in [0.3, 0.4) is 0 Å². The van der Waals surface area contributed by atoms with Crippen molar-refractivity contribution in [1.82, 2.24) is 0 Å². The van der Waals surface area contributed by atoms with E-state index in [0.29, 0.717) is 30.6 Å². The summed E-state index contributed by atoms with van der Waals surface area (Å²) >= 11 is 0. The molecule has 0 saturated heterocycles. The number of esters is 1. The maximum atomic E-state index is 11.6. The topological polar surface area (TPSA) is 52.6 Å². The zero-order chi connectivity index (χ0) is 13.4. The third-order valence-electron chi connectivity index (χ3n) is 2.39. The number of aldehydes is 1. The molecule has 98 valence electrons. The maximum absolute atomic E-state index is 11.6. The molecule has 0 radical (unpaired) electrons. The molecule has 18 heavy (non-hydrogen) atoms. The molecule has 0 aromatic heterocycles. The van der Waals surface area contributed by atoms with Gasteiger partial charge < -0.3 is 9.47 Å². The van der Waals surface area contributed by atoms with Crippen LogP contribution >= 0.6 is 0 Å². The van der Waals surface area contributed by atoms with Crippen LogP contribution in [-0.2, 0) is 4.79 Å². The Morgan fingerprint density at radius 3 is 2.72 bits per heavy atom. The Bertz CT molecular complexity index is 412. The molecule has 0 spiro atoms. The number of carbonyl (C=O) groups excluding carboxylic acids is 2. The average molecular weight is 250 g/mol. The molecule has 0 aliphatic heterocycles. The molecule has 0 fully saturated rings. The molecule has 0 atom stereocenters. The molecule has 4 nitrogen and oxygen atoms in total. The monoisotopic (exact) mass is 250 g/mol. The Labute approximate surface area is 107 Å². The van der Waals surface area contributed by atoms with Crippen molar-refractivity contribution in [2.24, 2.45) is 0 Å². The van der Waals surface area contributed by atoms with Crippen LogP contribution in [0.2, 0.25) is 0 Å². The van der Waals surface area contributed by atoms with E-state index in [1.54, 1.807) is 18.2 Å². The summed E-state index contributed by atoms with van der Waals surface area (Å²) in [6.45, 7) is 4.27. The number of unbranched alkanes of at least 4 members (excludes halogenated alkanes) is 1. The van der Waals surface area contributed by atoms with Crippen molar-refractivity contribution in [3.8, 4) is 11.5 Å². The third kappa shape index (κ3) is 3.87. The van der Waals surface area contributed by atoms with Crippen LogP contribution < -0.4 is 9.47 Å². The van der Waals surface area contributed by atoms with E-state index < -0.39 is 0 Å². The second-order valence-electron chi connectivity index (χ2n) is 3.80. The smallest absolute Gasteiger partial charge is 0.311 e. The van der Waals surface area contributed by atoms with Gasteiger partial charge in [0.1, 0.15) is 0 Å². The van der Waals surface area contributed by atoms with Gasteiger partial charge in [-0.05, 0) is 25.5 Å². The van der Waals surface area contributed by atoms with E-state index in [0.717, 1.165) is 12.8 Å². The number of carbonyl (C=O) groups is 2. The number of hydrogen-bond acceptors (Lipinski definition) is 4. The van der Waals surface area contributed by atoms with Crippen LogP contribution in [0.25, 0.3) is 0 Å². The lowest BCUT2D eigenvalue weighted by molar-refractivity contribution is -0.134. The van der Waals surface area contributed by atoms with Crippen molar-refractivity contribution >= 4 is 12.3 Å². The molecule has 0 N–H and O–H groups in total. The molecule has 0 saturated carbocycles. The van der Waals surface area contributed by atoms with E-state index in [4.69, 9.17) is 9.47 Å². The van der Waals surface area contributed by atoms with Gasteiger partial charge in [-0.1, -0.05) is 19.4 Å². The lowest BCUT2D eigenvalue weighted by Gasteiger charge is -2.12. The first-order valence-corrected chi connectivity index (χ1v) is 6.14. The maximum Gasteiger partial charge on any atom is 0.311 e. The molecule has 0 aliphatic rings. The highest BCUT2D eigenvalue weighted by Crippen LogP contribution is 2.30. The van der Waals surface area contributed by atoms with Crippen LogP contribution in [0.15, 0.2) is 18.2 Å². The summed E-state index contributed by atoms with van der Waals surface area (Å²) < 4.78 is 10.6. The van der Waals surface area contributed by atoms with E-state index in [-0.39, 0.29) is 11.7 Å². The molecule has 4 heteroatoms. The fourth-order valence-corrected chi connectivity index (χ4v) is 1.49. The Morgan fingerprint density at radius 1 is 1.33 bits per heavy atom. The van der Waals surface area contributed by atoms with Crippen molar-refractivity contribution in [1.29, 1.82) is 0 Å². The van der Waals surface area contributed by atoms with Crippen molar-refractivity contribution in [2.75, 3.05) is 6.61 Å². The van der Waals surface area contributed by atoms with Gasteiger partial charge in [0, 0.05) is 6.42 Å². The summed E-state index contributed by atoms with van der Waals surface area (Å²) in [5, 5.41) is 0. The average Bonchev–Trinajstić information content (AvgIpc) is 2.38. The minimum absolute atomic E-state index is 0.218. The molecule has 0 amide bonds. The van der Waals surface area contributed by atoms with Crippen LogP contribution in [0.5, 0.6) is 11.5 Å². The standard InChI is InChI=1S/C14H18O4/c1-3-5-9-13(16)18-14-11(10-15)7-6-8-12(14)17-4-2/h6-8,10H,3-5,9H2,1-2H3. The molecular weight excluding hydrogens is 232 g/mol. The SMILES string of the molecule is CCCCC(=O)Oc1c(C=O)cccc1OCC. The number of ether oxygens (including phenoxy) is 2. The third-order valence-corrected chi connectivity index (χ3v) is 2.39. The zero-order valence-corrected chi connectivity index (χ0v) is 10.8. The van der Waals surface area contributed by atoms with E-state index in [1.165, 1.54) is 0 Å². The zero-order valence-electron chi connectivity index (χ0n) is 10.8. The fourth-order valence-electron chi connectivity index (χ4n) is 1.49. The van der Waals surface area contributed by atoms with Crippen LogP contribution in [0.1, 0.15) is 43.5 Å². The molecule has 1 aromatic rings. The molecule has 1 aromatic carbocycles. The van der Waals surface area contributed by atoms with Crippen LogP contribution in [0.4, 0.5) is 0 Å². The highest BCUT2D eigenvalue weighted by Gasteiger charge is 2.14. The number of para-hydroxylation sites is 1. The molecule has 0 aliphatic carbocycles. The van der Waals surface area contributed by atoms with Gasteiger partial charge in [0.2, 0.25) is 0 Å². The predicted molar refractivity (Wildman–Crippen MR) is 68.2 cm³/mol. The minimum Gasteiger partial charge on any atom is -0.490 e. The highest BCUT2D eigenvalue weighted by atomic mass is 16.6. The van der Waals surface area contributed by atoms with Crippen LogP contribution in [-0.4, -0.2) is 18.9 Å². The lowest BCUT2D eigenvalue weighted by atomic mass is 10.2. The first kappa shape index (κ1) is 14.2. The number of rotatable bonds is 7. The van der Waals surface area contributed by atoms with Crippen molar-refractivity contribution in [2.45, 2.75) is 33.1 Å². The first-order valence-electron chi connectivity index (χ1n) is 6.14. The summed E-state index contributed by atoms with van der Waals surface area (Å²) in [6, 6.07) is 4.97. The van der Waals surface area contributed by atoms with Gasteiger partial charge in [0.05, 0.1) is 12.2 Å². The quantitative estimate of drug-likeness (QED) is 0.424. The molecule has 0 bridgehead atoms. The molecule has 1 rings (SSSR count). The fraction of sp³-hybridized carbons (Fsp3) is 0.429. The van der Waals surface area contributed by atoms with E-state index in [9.17, 15) is 9.59 Å². The highest BCUT2D eigenvalue weighted by molar-refractivity contribution is 5.84. The Hall–Kier alpha value is -1.84. The van der Waals surface area contributed by atoms with Crippen LogP contribution in [0, 0.1) is 0 Å². The van der Waals surface area contributed by atoms with Gasteiger partial charge in [0.25, 0.3) is 0 Å². The number of benzene rings is 1. The first-order chi connectivity index (χ1) is 8.72. The normalized spacial score (nSPS) is 9.89. The summed E-state index contributed by atoms with van der Waals surface area (Å²) in [6.07, 6.45) is 2.69. The second-order valence-corrected chi connectivity index (χ2v) is 3.80. The predicted octanol–water partition coefficient (Wildman–Crippen LogP) is 2.99. The van der Waals surface area contributed by atoms with Gasteiger partial charge in [-0.3, -0.25) is 9.59 Å². The summed E-state index contributed by atoms with van der Waals surface area (Å²) in [5.74, 6) is 0.300. The lowest BCUT2D eigenvalue weighted by Crippen LogP contribution is -2.10. The van der Waals surface area contributed by atoms with Crippen molar-refractivity contribution < 1.29 is 19.1 Å². The molecule has 0 unspecified atom stereocenters. The second kappa shape index (κ2) is 7.48. The Morgan fingerprint density at radius 2 is 2.11 bits per heavy atom. The Balaban J connectivity index is 2.89. The van der Waals surface area contributed by atoms with Gasteiger partial charge in [-0.2, -0.15) is 0 Å². The molecular formula is C14H18O4. The number of hydrogen-bond donors (Lipinski definition) is 0. The van der Waals surface area contributed by atoms with E-state index >= 15 is 0 Å². The summed E-state index contributed by atoms with van der Waals surface area (Å²) in [7, 11) is 0. The Kier molecular flexibility index (Phi) is 5.91. The van der Waals surface area contributed by atoms with E-state index in [2.05, 4.69) is 0 Å². The van der Waals surface area contributed by atoms with Gasteiger partial charge >= 0.3 is 5.97 Å². The summed E-state index contributed by atoms with van der Waals surface area (Å²) in [4.78, 5) is 22.5. The largest absolute Gasteiger partial charge is 0.490 e. The van der Waals surface area contributed by atoms with Gasteiger partial charge in [0.15, 0.2) is 17.8 Å². The van der Waals surface area contributed by atoms with Crippen molar-refractivity contribution in [3.63, 3.8) is 0 Å². The van der Waals surface area contributed by atoms with E-state index in [1.807, 2.05) is 13.8 Å². The molecule has 0 heterocycles. The summed E-state index contributed by atoms with van der Waals surface area (Å²) in [5.41, 5.74) is 0.325. The minimum atomic E-state index is -0.341.